The maximum absolute atomic E-state index is 14.1. The monoisotopic (exact) mass is 615 g/mol. The summed E-state index contributed by atoms with van der Waals surface area (Å²) in [5, 5.41) is 6.68. The molecule has 5 rings (SSSR count). The average molecular weight is 616 g/mol. The normalized spacial score (nSPS) is 20.3. The molecule has 2 unspecified atom stereocenters. The molecule has 3 heterocycles. The van der Waals surface area contributed by atoms with Gasteiger partial charge in [-0.1, -0.05) is 67.9 Å². The molecule has 8 heteroatoms. The number of rotatable bonds is 10. The predicted octanol–water partition coefficient (Wildman–Crippen LogP) is 4.26. The molecule has 2 N–H and O–H groups in total. The highest BCUT2D eigenvalue weighted by Gasteiger charge is 2.35. The summed E-state index contributed by atoms with van der Waals surface area (Å²) in [6.45, 7) is 13.2. The number of carbonyl (C=O) groups is 3. The third kappa shape index (κ3) is 8.73. The van der Waals surface area contributed by atoms with E-state index in [1.54, 1.807) is 6.92 Å². The van der Waals surface area contributed by atoms with Crippen molar-refractivity contribution < 1.29 is 14.4 Å². The molecule has 0 spiro atoms. The van der Waals surface area contributed by atoms with Crippen molar-refractivity contribution in [2.45, 2.75) is 96.8 Å². The quantitative estimate of drug-likeness (QED) is 0.418. The Labute approximate surface area is 269 Å². The Balaban J connectivity index is 1.23. The summed E-state index contributed by atoms with van der Waals surface area (Å²) in [4.78, 5) is 46.1. The van der Waals surface area contributed by atoms with Gasteiger partial charge in [0.05, 0.1) is 0 Å². The average Bonchev–Trinajstić information content (AvgIpc) is 3.04. The number of likely N-dealkylation sites (tertiary alicyclic amines) is 2. The molecular weight excluding hydrogens is 562 g/mol. The van der Waals surface area contributed by atoms with Crippen LogP contribution in [0.5, 0.6) is 0 Å². The smallest absolute Gasteiger partial charge is 0.245 e. The maximum atomic E-state index is 14.1. The number of benzene rings is 2. The number of piperidine rings is 2. The first-order valence-electron chi connectivity index (χ1n) is 17.1. The second kappa shape index (κ2) is 15.4. The third-order valence-corrected chi connectivity index (χ3v) is 10.00. The molecule has 0 radical (unpaired) electrons. The number of fused-ring (bicyclic) bond motifs is 1. The third-order valence-electron chi connectivity index (χ3n) is 10.00. The minimum Gasteiger partial charge on any atom is -0.344 e. The summed E-state index contributed by atoms with van der Waals surface area (Å²) >= 11 is 0. The Hall–Kier alpha value is -3.23. The van der Waals surface area contributed by atoms with Crippen LogP contribution in [0, 0.1) is 12.8 Å². The van der Waals surface area contributed by atoms with E-state index in [1.165, 1.54) is 16.7 Å². The molecule has 244 valence electrons. The predicted molar refractivity (Wildman–Crippen MR) is 179 cm³/mol. The van der Waals surface area contributed by atoms with E-state index in [0.29, 0.717) is 43.9 Å². The Morgan fingerprint density at radius 1 is 0.911 bits per heavy atom. The van der Waals surface area contributed by atoms with E-state index in [9.17, 15) is 14.4 Å². The van der Waals surface area contributed by atoms with Gasteiger partial charge in [0, 0.05) is 70.6 Å². The van der Waals surface area contributed by atoms with Crippen LogP contribution in [0.4, 0.5) is 0 Å². The minimum absolute atomic E-state index is 0.0181. The van der Waals surface area contributed by atoms with Crippen molar-refractivity contribution in [2.75, 3.05) is 39.3 Å². The molecule has 2 atom stereocenters. The van der Waals surface area contributed by atoms with Gasteiger partial charge in [-0.05, 0) is 68.2 Å². The van der Waals surface area contributed by atoms with Crippen molar-refractivity contribution in [1.29, 1.82) is 0 Å². The lowest BCUT2D eigenvalue weighted by Crippen LogP contribution is -2.56. The summed E-state index contributed by atoms with van der Waals surface area (Å²) in [5.74, 6) is 0.645. The molecular formula is C37H53N5O3. The molecule has 2 aromatic rings. The second-order valence-electron chi connectivity index (χ2n) is 13.9. The second-order valence-corrected chi connectivity index (χ2v) is 13.9. The van der Waals surface area contributed by atoms with E-state index in [1.807, 2.05) is 15.9 Å². The van der Waals surface area contributed by atoms with Gasteiger partial charge in [-0.25, -0.2) is 0 Å². The number of amides is 3. The van der Waals surface area contributed by atoms with Crippen LogP contribution in [-0.2, 0) is 27.2 Å². The standard InChI is InChI=1S/C37H53N5O3/c1-26(2)25-42(31-14-19-40(20-15-31)28(4)43)32-16-21-41(22-17-32)37(45)35(23-29-11-9-27(3)10-12-29)39-36(44)24-34-33-8-6-5-7-30(33)13-18-38-34/h5-12,26,31-32,34-35,38H,13-25H2,1-4H3,(H,39,44). The van der Waals surface area contributed by atoms with Crippen molar-refractivity contribution in [2.24, 2.45) is 5.92 Å². The summed E-state index contributed by atoms with van der Waals surface area (Å²) in [7, 11) is 0. The van der Waals surface area contributed by atoms with Crippen LogP contribution in [0.25, 0.3) is 0 Å². The van der Waals surface area contributed by atoms with Crippen LogP contribution in [0.15, 0.2) is 48.5 Å². The number of carbonyl (C=O) groups excluding carboxylic acids is 3. The molecule has 0 bridgehead atoms. The first-order valence-corrected chi connectivity index (χ1v) is 17.1. The maximum Gasteiger partial charge on any atom is 0.245 e. The number of hydrogen-bond donors (Lipinski definition) is 2. The van der Waals surface area contributed by atoms with Crippen LogP contribution >= 0.6 is 0 Å². The topological polar surface area (TPSA) is 85.0 Å². The fraction of sp³-hybridized carbons (Fsp3) is 0.595. The van der Waals surface area contributed by atoms with E-state index in [2.05, 4.69) is 78.8 Å². The van der Waals surface area contributed by atoms with Crippen molar-refractivity contribution >= 4 is 17.7 Å². The molecule has 3 amide bonds. The van der Waals surface area contributed by atoms with Gasteiger partial charge in [0.15, 0.2) is 0 Å². The molecule has 0 saturated carbocycles. The zero-order valence-corrected chi connectivity index (χ0v) is 27.8. The van der Waals surface area contributed by atoms with E-state index < -0.39 is 6.04 Å². The van der Waals surface area contributed by atoms with E-state index in [4.69, 9.17) is 0 Å². The van der Waals surface area contributed by atoms with E-state index >= 15 is 0 Å². The van der Waals surface area contributed by atoms with E-state index in [0.717, 1.165) is 63.8 Å². The van der Waals surface area contributed by atoms with Crippen LogP contribution in [0.1, 0.15) is 81.2 Å². The summed E-state index contributed by atoms with van der Waals surface area (Å²) in [6, 6.07) is 16.8. The molecule has 8 nitrogen and oxygen atoms in total. The first-order chi connectivity index (χ1) is 21.7. The largest absolute Gasteiger partial charge is 0.344 e. The first kappa shape index (κ1) is 33.1. The zero-order chi connectivity index (χ0) is 31.9. The fourth-order valence-electron chi connectivity index (χ4n) is 7.54. The summed E-state index contributed by atoms with van der Waals surface area (Å²) in [5.41, 5.74) is 4.70. The van der Waals surface area contributed by atoms with Gasteiger partial charge in [0.2, 0.25) is 17.7 Å². The van der Waals surface area contributed by atoms with Gasteiger partial charge < -0.3 is 20.4 Å². The highest BCUT2D eigenvalue weighted by atomic mass is 16.2. The Kier molecular flexibility index (Phi) is 11.3. The molecule has 2 fully saturated rings. The number of aryl methyl sites for hydroxylation is 1. The lowest BCUT2D eigenvalue weighted by atomic mass is 9.92. The zero-order valence-electron chi connectivity index (χ0n) is 27.8. The molecule has 3 aliphatic rings. The lowest BCUT2D eigenvalue weighted by molar-refractivity contribution is -0.138. The summed E-state index contributed by atoms with van der Waals surface area (Å²) < 4.78 is 0. The Morgan fingerprint density at radius 2 is 1.53 bits per heavy atom. The molecule has 0 aliphatic carbocycles. The minimum atomic E-state index is -0.599. The van der Waals surface area contributed by atoms with Gasteiger partial charge >= 0.3 is 0 Å². The molecule has 2 aromatic carbocycles. The molecule has 45 heavy (non-hydrogen) atoms. The molecule has 2 saturated heterocycles. The van der Waals surface area contributed by atoms with Gasteiger partial charge in [-0.15, -0.1) is 0 Å². The van der Waals surface area contributed by atoms with Crippen molar-refractivity contribution in [3.05, 3.63) is 70.8 Å². The van der Waals surface area contributed by atoms with Crippen molar-refractivity contribution in [1.82, 2.24) is 25.3 Å². The Bertz CT molecular complexity index is 1300. The van der Waals surface area contributed by atoms with Crippen molar-refractivity contribution in [3.8, 4) is 0 Å². The highest BCUT2D eigenvalue weighted by molar-refractivity contribution is 5.88. The van der Waals surface area contributed by atoms with Crippen LogP contribution in [0.2, 0.25) is 0 Å². The fourth-order valence-corrected chi connectivity index (χ4v) is 7.54. The molecule has 0 aromatic heterocycles. The summed E-state index contributed by atoms with van der Waals surface area (Å²) in [6.07, 6.45) is 5.63. The van der Waals surface area contributed by atoms with Gasteiger partial charge in [0.25, 0.3) is 0 Å². The van der Waals surface area contributed by atoms with Crippen LogP contribution < -0.4 is 10.6 Å². The van der Waals surface area contributed by atoms with E-state index in [-0.39, 0.29) is 23.8 Å². The lowest BCUT2D eigenvalue weighted by Gasteiger charge is -2.46. The van der Waals surface area contributed by atoms with Crippen molar-refractivity contribution in [3.63, 3.8) is 0 Å². The highest BCUT2D eigenvalue weighted by Crippen LogP contribution is 2.27. The SMILES string of the molecule is CC(=O)N1CCC(N(CC(C)C)C2CCN(C(=O)C(Cc3ccc(C)cc3)NC(=O)CC3NCCc4ccccc43)CC2)CC1. The molecule has 3 aliphatic heterocycles. The van der Waals surface area contributed by atoms with Crippen LogP contribution in [-0.4, -0.2) is 89.8 Å². The Morgan fingerprint density at radius 3 is 2.16 bits per heavy atom. The van der Waals surface area contributed by atoms with Crippen LogP contribution in [0.3, 0.4) is 0 Å². The van der Waals surface area contributed by atoms with Gasteiger partial charge in [-0.3, -0.25) is 19.3 Å². The number of nitrogens with one attached hydrogen (secondary N) is 2. The number of nitrogens with zero attached hydrogens (tertiary/aromatic N) is 3. The van der Waals surface area contributed by atoms with Gasteiger partial charge in [-0.2, -0.15) is 0 Å². The van der Waals surface area contributed by atoms with Gasteiger partial charge in [0.1, 0.15) is 6.04 Å². The number of hydrogen-bond acceptors (Lipinski definition) is 5.